The summed E-state index contributed by atoms with van der Waals surface area (Å²) in [7, 11) is -4.22. The smallest absolute Gasteiger partial charge is 0.264 e. The fraction of sp³-hybridized carbons (Fsp3) is 0.297. The minimum absolute atomic E-state index is 0.00204. The molecule has 1 fully saturated rings. The van der Waals surface area contributed by atoms with Crippen molar-refractivity contribution in [1.29, 1.82) is 0 Å². The highest BCUT2D eigenvalue weighted by molar-refractivity contribution is 7.92. The molecule has 1 unspecified atom stereocenters. The van der Waals surface area contributed by atoms with E-state index in [1.165, 1.54) is 23.1 Å². The van der Waals surface area contributed by atoms with Gasteiger partial charge in [0.25, 0.3) is 10.0 Å². The molecule has 47 heavy (non-hydrogen) atoms. The second-order valence-electron chi connectivity index (χ2n) is 12.0. The van der Waals surface area contributed by atoms with Crippen molar-refractivity contribution in [2.45, 2.75) is 69.0 Å². The van der Waals surface area contributed by atoms with Crippen LogP contribution in [0.15, 0.2) is 108 Å². The van der Waals surface area contributed by atoms with Gasteiger partial charge in [0, 0.05) is 29.1 Å². The van der Waals surface area contributed by atoms with Crippen molar-refractivity contribution in [3.8, 4) is 0 Å². The summed E-state index contributed by atoms with van der Waals surface area (Å²) >= 11 is 12.9. The number of rotatable bonds is 12. The highest BCUT2D eigenvalue weighted by Crippen LogP contribution is 2.28. The molecule has 1 aliphatic carbocycles. The van der Waals surface area contributed by atoms with Crippen LogP contribution >= 0.6 is 23.2 Å². The molecular weight excluding hydrogens is 653 g/mol. The first-order chi connectivity index (χ1) is 22.6. The highest BCUT2D eigenvalue weighted by Gasteiger charge is 2.35. The van der Waals surface area contributed by atoms with Gasteiger partial charge in [-0.1, -0.05) is 115 Å². The fourth-order valence-electron chi connectivity index (χ4n) is 5.91. The quantitative estimate of drug-likeness (QED) is 0.166. The molecule has 4 aromatic rings. The third-order valence-electron chi connectivity index (χ3n) is 8.51. The van der Waals surface area contributed by atoms with Crippen molar-refractivity contribution in [2.75, 3.05) is 10.8 Å². The summed E-state index contributed by atoms with van der Waals surface area (Å²) in [6.07, 6.45) is 5.17. The second-order valence-corrected chi connectivity index (χ2v) is 14.7. The van der Waals surface area contributed by atoms with E-state index in [9.17, 15) is 18.0 Å². The standard InChI is InChI=1S/C37H39Cl2N3O4S/c1-27-19-21-33(22-20-27)47(45,46)42(32-17-10-14-30(38)24-32)26-36(43)41(25-29-13-8-9-18-34(29)39)35(23-28-11-4-2-5-12-28)37(44)40-31-15-6-3-7-16-31/h2,4-5,8-14,17-22,24,31,35H,3,6-7,15-16,23,25-26H2,1H3,(H,40,44). The van der Waals surface area contributed by atoms with Crippen LogP contribution in [0.2, 0.25) is 10.0 Å². The Labute approximate surface area is 287 Å². The molecule has 0 spiro atoms. The Balaban J connectivity index is 1.57. The molecule has 0 saturated heterocycles. The van der Waals surface area contributed by atoms with Crippen LogP contribution in [0.5, 0.6) is 0 Å². The van der Waals surface area contributed by atoms with Gasteiger partial charge >= 0.3 is 0 Å². The zero-order valence-corrected chi connectivity index (χ0v) is 28.6. The third-order valence-corrected chi connectivity index (χ3v) is 10.9. The van der Waals surface area contributed by atoms with E-state index in [1.807, 2.05) is 43.3 Å². The average molecular weight is 693 g/mol. The molecule has 1 aliphatic rings. The minimum Gasteiger partial charge on any atom is -0.352 e. The van der Waals surface area contributed by atoms with E-state index in [1.54, 1.807) is 48.5 Å². The average Bonchev–Trinajstić information content (AvgIpc) is 3.07. The predicted octanol–water partition coefficient (Wildman–Crippen LogP) is 7.59. The van der Waals surface area contributed by atoms with E-state index in [0.29, 0.717) is 15.6 Å². The van der Waals surface area contributed by atoms with Gasteiger partial charge in [-0.25, -0.2) is 8.42 Å². The van der Waals surface area contributed by atoms with Gasteiger partial charge in [-0.15, -0.1) is 0 Å². The number of sulfonamides is 1. The Morgan fingerprint density at radius 2 is 1.53 bits per heavy atom. The van der Waals surface area contributed by atoms with E-state index >= 15 is 0 Å². The summed E-state index contributed by atoms with van der Waals surface area (Å²) in [4.78, 5) is 30.4. The van der Waals surface area contributed by atoms with E-state index in [2.05, 4.69) is 5.32 Å². The van der Waals surface area contributed by atoms with Crippen LogP contribution in [0.1, 0.15) is 48.8 Å². The summed E-state index contributed by atoms with van der Waals surface area (Å²) < 4.78 is 29.4. The zero-order chi connectivity index (χ0) is 33.4. The summed E-state index contributed by atoms with van der Waals surface area (Å²) in [5, 5.41) is 3.97. The summed E-state index contributed by atoms with van der Waals surface area (Å²) in [5.74, 6) is -0.836. The molecule has 0 heterocycles. The molecular formula is C37H39Cl2N3O4S. The van der Waals surface area contributed by atoms with E-state index in [0.717, 1.165) is 47.5 Å². The van der Waals surface area contributed by atoms with Crippen molar-refractivity contribution in [2.24, 2.45) is 0 Å². The van der Waals surface area contributed by atoms with Crippen LogP contribution in [0.3, 0.4) is 0 Å². The Morgan fingerprint density at radius 3 is 2.21 bits per heavy atom. The van der Waals surface area contributed by atoms with Crippen LogP contribution < -0.4 is 9.62 Å². The molecule has 4 aromatic carbocycles. The largest absolute Gasteiger partial charge is 0.352 e. The number of nitrogens with one attached hydrogen (secondary N) is 1. The Kier molecular flexibility index (Phi) is 11.6. The summed E-state index contributed by atoms with van der Waals surface area (Å²) in [6.45, 7) is 1.30. The van der Waals surface area contributed by atoms with Gasteiger partial charge in [0.05, 0.1) is 10.6 Å². The van der Waals surface area contributed by atoms with E-state index in [4.69, 9.17) is 23.2 Å². The highest BCUT2D eigenvalue weighted by atomic mass is 35.5. The van der Waals surface area contributed by atoms with Crippen molar-refractivity contribution in [3.05, 3.63) is 130 Å². The number of amides is 2. The number of benzene rings is 4. The number of halogens is 2. The van der Waals surface area contributed by atoms with Gasteiger partial charge in [-0.2, -0.15) is 0 Å². The lowest BCUT2D eigenvalue weighted by atomic mass is 9.94. The number of hydrogen-bond donors (Lipinski definition) is 1. The Morgan fingerprint density at radius 1 is 0.851 bits per heavy atom. The number of aryl methyl sites for hydroxylation is 1. The van der Waals surface area contributed by atoms with E-state index in [-0.39, 0.29) is 35.5 Å². The van der Waals surface area contributed by atoms with Crippen LogP contribution in [-0.4, -0.2) is 43.8 Å². The normalized spacial score (nSPS) is 14.3. The number of carbonyl (C=O) groups is 2. The monoisotopic (exact) mass is 691 g/mol. The molecule has 5 rings (SSSR count). The van der Waals surface area contributed by atoms with Gasteiger partial charge in [0.1, 0.15) is 12.6 Å². The summed E-state index contributed by atoms with van der Waals surface area (Å²) in [6, 6.07) is 28.6. The van der Waals surface area contributed by atoms with Crippen molar-refractivity contribution in [3.63, 3.8) is 0 Å². The fourth-order valence-corrected chi connectivity index (χ4v) is 7.69. The van der Waals surface area contributed by atoms with Crippen LogP contribution in [-0.2, 0) is 32.6 Å². The van der Waals surface area contributed by atoms with Gasteiger partial charge in [-0.05, 0) is 67.3 Å². The molecule has 1 saturated carbocycles. The molecule has 0 radical (unpaired) electrons. The molecule has 10 heteroatoms. The lowest BCUT2D eigenvalue weighted by Gasteiger charge is -2.35. The minimum atomic E-state index is -4.22. The summed E-state index contributed by atoms with van der Waals surface area (Å²) in [5.41, 5.74) is 2.64. The van der Waals surface area contributed by atoms with Gasteiger partial charge in [-0.3, -0.25) is 13.9 Å². The second kappa shape index (κ2) is 15.8. The lowest BCUT2D eigenvalue weighted by Crippen LogP contribution is -2.55. The lowest BCUT2D eigenvalue weighted by molar-refractivity contribution is -0.140. The number of anilines is 1. The first-order valence-electron chi connectivity index (χ1n) is 15.8. The molecule has 246 valence electrons. The number of nitrogens with zero attached hydrogens (tertiary/aromatic N) is 2. The third kappa shape index (κ3) is 8.95. The van der Waals surface area contributed by atoms with Gasteiger partial charge in [0.2, 0.25) is 11.8 Å². The number of hydrogen-bond acceptors (Lipinski definition) is 4. The Bertz CT molecular complexity index is 1780. The molecule has 0 bridgehead atoms. The zero-order valence-electron chi connectivity index (χ0n) is 26.3. The molecule has 7 nitrogen and oxygen atoms in total. The van der Waals surface area contributed by atoms with Crippen molar-refractivity contribution < 1.29 is 18.0 Å². The maximum absolute atomic E-state index is 14.7. The Hall–Kier alpha value is -3.85. The van der Waals surface area contributed by atoms with Gasteiger partial charge in [0.15, 0.2) is 0 Å². The maximum Gasteiger partial charge on any atom is 0.264 e. The van der Waals surface area contributed by atoms with Crippen LogP contribution in [0, 0.1) is 6.92 Å². The van der Waals surface area contributed by atoms with Crippen molar-refractivity contribution >= 4 is 50.7 Å². The first-order valence-corrected chi connectivity index (χ1v) is 18.0. The molecule has 0 aliphatic heterocycles. The van der Waals surface area contributed by atoms with Crippen LogP contribution in [0.25, 0.3) is 0 Å². The first kappa shape index (κ1) is 34.5. The molecule has 1 atom stereocenters. The SMILES string of the molecule is Cc1ccc(S(=O)(=O)N(CC(=O)N(Cc2ccccc2Cl)C(Cc2ccccc2)C(=O)NC2CCCCC2)c2cccc(Cl)c2)cc1. The van der Waals surface area contributed by atoms with Gasteiger partial charge < -0.3 is 10.2 Å². The van der Waals surface area contributed by atoms with E-state index < -0.39 is 28.5 Å². The number of carbonyl (C=O) groups excluding carboxylic acids is 2. The molecule has 1 N–H and O–H groups in total. The predicted molar refractivity (Wildman–Crippen MR) is 188 cm³/mol. The maximum atomic E-state index is 14.7. The molecule has 2 amide bonds. The molecule has 0 aromatic heterocycles. The van der Waals surface area contributed by atoms with Crippen LogP contribution in [0.4, 0.5) is 5.69 Å². The van der Waals surface area contributed by atoms with Crippen molar-refractivity contribution in [1.82, 2.24) is 10.2 Å². The topological polar surface area (TPSA) is 86.8 Å².